The minimum Gasteiger partial charge on any atom is -0.481 e. The lowest BCUT2D eigenvalue weighted by molar-refractivity contribution is -0.146. The van der Waals surface area contributed by atoms with Gasteiger partial charge in [-0.05, 0) is 46.5 Å². The highest BCUT2D eigenvalue weighted by molar-refractivity contribution is 5.71. The summed E-state index contributed by atoms with van der Waals surface area (Å²) in [5.74, 6) is -0.768. The van der Waals surface area contributed by atoms with E-state index < -0.39 is 23.2 Å². The summed E-state index contributed by atoms with van der Waals surface area (Å²) < 4.78 is 5.44. The van der Waals surface area contributed by atoms with Crippen LogP contribution in [-0.4, -0.2) is 28.3 Å². The van der Waals surface area contributed by atoms with Gasteiger partial charge in [0.05, 0.1) is 6.42 Å². The number of carbonyl (C=O) groups is 2. The van der Waals surface area contributed by atoms with Crippen LogP contribution in [-0.2, 0) is 9.53 Å². The van der Waals surface area contributed by atoms with Crippen molar-refractivity contribution in [3.8, 4) is 0 Å². The highest BCUT2D eigenvalue weighted by atomic mass is 16.6. The lowest BCUT2D eigenvalue weighted by Crippen LogP contribution is -2.64. The fraction of sp³-hybridized carbons (Fsp3) is 0.882. The molecule has 0 atom stereocenters. The zero-order valence-corrected chi connectivity index (χ0v) is 14.0. The molecule has 126 valence electrons. The quantitative estimate of drug-likeness (QED) is 0.826. The molecule has 0 spiro atoms. The molecule has 0 aliphatic heterocycles. The Balaban J connectivity index is 2.20. The van der Waals surface area contributed by atoms with E-state index >= 15 is 0 Å². The van der Waals surface area contributed by atoms with Crippen molar-refractivity contribution in [2.75, 3.05) is 0 Å². The molecule has 0 saturated heterocycles. The first-order valence-electron chi connectivity index (χ1n) is 8.41. The van der Waals surface area contributed by atoms with Gasteiger partial charge in [-0.1, -0.05) is 25.7 Å². The first-order valence-corrected chi connectivity index (χ1v) is 8.41. The topological polar surface area (TPSA) is 75.6 Å². The maximum absolute atomic E-state index is 12.3. The average Bonchev–Trinajstić information content (AvgIpc) is 2.32. The largest absolute Gasteiger partial charge is 0.481 e. The van der Waals surface area contributed by atoms with E-state index in [4.69, 9.17) is 4.74 Å². The Hall–Kier alpha value is -1.26. The van der Waals surface area contributed by atoms with E-state index in [1.807, 2.05) is 20.8 Å². The third-order valence-electron chi connectivity index (χ3n) is 5.26. The second kappa shape index (κ2) is 6.09. The zero-order valence-electron chi connectivity index (χ0n) is 14.0. The molecular formula is C17H29NO4. The van der Waals surface area contributed by atoms with Gasteiger partial charge in [-0.15, -0.1) is 0 Å². The van der Waals surface area contributed by atoms with Crippen molar-refractivity contribution in [1.82, 2.24) is 5.32 Å². The molecule has 0 aromatic heterocycles. The van der Waals surface area contributed by atoms with Gasteiger partial charge in [-0.25, -0.2) is 4.79 Å². The summed E-state index contributed by atoms with van der Waals surface area (Å²) in [6.45, 7) is 5.53. The van der Waals surface area contributed by atoms with Gasteiger partial charge in [0.2, 0.25) is 0 Å². The lowest BCUT2D eigenvalue weighted by atomic mass is 9.52. The van der Waals surface area contributed by atoms with Gasteiger partial charge in [0, 0.05) is 11.0 Å². The Labute approximate surface area is 132 Å². The van der Waals surface area contributed by atoms with Crippen LogP contribution >= 0.6 is 0 Å². The van der Waals surface area contributed by atoms with E-state index in [2.05, 4.69) is 5.32 Å². The third-order valence-corrected chi connectivity index (χ3v) is 5.26. The van der Waals surface area contributed by atoms with E-state index in [-0.39, 0.29) is 11.8 Å². The number of carboxylic acids is 1. The van der Waals surface area contributed by atoms with E-state index in [1.54, 1.807) is 0 Å². The number of hydrogen-bond donors (Lipinski definition) is 2. The van der Waals surface area contributed by atoms with Crippen LogP contribution in [0.3, 0.4) is 0 Å². The van der Waals surface area contributed by atoms with Gasteiger partial charge in [-0.3, -0.25) is 4.79 Å². The molecule has 2 fully saturated rings. The fourth-order valence-corrected chi connectivity index (χ4v) is 4.16. The number of aliphatic carboxylic acids is 1. The zero-order chi connectivity index (χ0) is 16.4. The monoisotopic (exact) mass is 311 g/mol. The molecule has 2 saturated carbocycles. The van der Waals surface area contributed by atoms with E-state index in [1.165, 1.54) is 0 Å². The number of rotatable bonds is 4. The number of carboxylic acid groups (broad SMARTS) is 1. The molecule has 5 nitrogen and oxygen atoms in total. The highest BCUT2D eigenvalue weighted by Crippen LogP contribution is 2.56. The second-order valence-corrected chi connectivity index (χ2v) is 7.97. The van der Waals surface area contributed by atoms with Crippen molar-refractivity contribution in [3.63, 3.8) is 0 Å². The van der Waals surface area contributed by atoms with Gasteiger partial charge in [-0.2, -0.15) is 0 Å². The predicted octanol–water partition coefficient (Wildman–Crippen LogP) is 3.86. The highest BCUT2D eigenvalue weighted by Gasteiger charge is 2.56. The second-order valence-electron chi connectivity index (χ2n) is 7.97. The number of hydrogen-bond acceptors (Lipinski definition) is 3. The summed E-state index contributed by atoms with van der Waals surface area (Å²) in [4.78, 5) is 23.7. The molecule has 2 rings (SSSR count). The molecule has 2 aliphatic rings. The van der Waals surface area contributed by atoms with Crippen LogP contribution < -0.4 is 5.32 Å². The Kier molecular flexibility index (Phi) is 4.73. The maximum Gasteiger partial charge on any atom is 0.408 e. The fourth-order valence-electron chi connectivity index (χ4n) is 4.16. The standard InChI is InChI=1S/C17H29NO4/c1-15(2,3)22-14(21)18-17(10-5-4-6-11-17)16(8-7-9-16)12-13(19)20/h4-12H2,1-3H3,(H,18,21)(H,19,20). The Morgan fingerprint density at radius 2 is 1.64 bits per heavy atom. The summed E-state index contributed by atoms with van der Waals surface area (Å²) >= 11 is 0. The molecule has 0 unspecified atom stereocenters. The molecule has 5 heteroatoms. The van der Waals surface area contributed by atoms with Crippen LogP contribution in [0.25, 0.3) is 0 Å². The van der Waals surface area contributed by atoms with Crippen LogP contribution in [0, 0.1) is 5.41 Å². The first kappa shape index (κ1) is 17.1. The van der Waals surface area contributed by atoms with E-state index in [0.29, 0.717) is 0 Å². The van der Waals surface area contributed by atoms with Crippen molar-refractivity contribution >= 4 is 12.1 Å². The SMILES string of the molecule is CC(C)(C)OC(=O)NC1(C2(CC(=O)O)CCC2)CCCCC1. The van der Waals surface area contributed by atoms with Gasteiger partial charge < -0.3 is 15.2 Å². The minimum atomic E-state index is -0.768. The van der Waals surface area contributed by atoms with Crippen LogP contribution in [0.5, 0.6) is 0 Å². The van der Waals surface area contributed by atoms with Crippen molar-refractivity contribution in [2.45, 2.75) is 89.7 Å². The maximum atomic E-state index is 12.3. The Morgan fingerprint density at radius 3 is 2.05 bits per heavy atom. The lowest BCUT2D eigenvalue weighted by Gasteiger charge is -2.57. The Bertz CT molecular complexity index is 428. The summed E-state index contributed by atoms with van der Waals surface area (Å²) in [6.07, 6.45) is 7.50. The first-order chi connectivity index (χ1) is 10.2. The van der Waals surface area contributed by atoms with Gasteiger partial charge >= 0.3 is 12.1 Å². The molecule has 1 amide bonds. The van der Waals surface area contributed by atoms with E-state index in [0.717, 1.165) is 51.4 Å². The van der Waals surface area contributed by atoms with Crippen molar-refractivity contribution in [1.29, 1.82) is 0 Å². The van der Waals surface area contributed by atoms with Crippen molar-refractivity contribution in [2.24, 2.45) is 5.41 Å². The summed E-state index contributed by atoms with van der Waals surface area (Å²) in [7, 11) is 0. The summed E-state index contributed by atoms with van der Waals surface area (Å²) in [5, 5.41) is 12.4. The average molecular weight is 311 g/mol. The number of ether oxygens (including phenoxy) is 1. The van der Waals surface area contributed by atoms with E-state index in [9.17, 15) is 14.7 Å². The molecule has 2 N–H and O–H groups in total. The predicted molar refractivity (Wildman–Crippen MR) is 83.7 cm³/mol. The van der Waals surface area contributed by atoms with Crippen LogP contribution in [0.15, 0.2) is 0 Å². The minimum absolute atomic E-state index is 0.142. The third kappa shape index (κ3) is 3.55. The van der Waals surface area contributed by atoms with Crippen molar-refractivity contribution in [3.05, 3.63) is 0 Å². The normalized spacial score (nSPS) is 23.2. The number of alkyl carbamates (subject to hydrolysis) is 1. The summed E-state index contributed by atoms with van der Waals surface area (Å²) in [5.41, 5.74) is -1.25. The van der Waals surface area contributed by atoms with Gasteiger partial charge in [0.15, 0.2) is 0 Å². The molecular weight excluding hydrogens is 282 g/mol. The molecule has 0 bridgehead atoms. The van der Waals surface area contributed by atoms with Crippen molar-refractivity contribution < 1.29 is 19.4 Å². The van der Waals surface area contributed by atoms with Crippen LogP contribution in [0.4, 0.5) is 4.79 Å². The number of nitrogens with one attached hydrogen (secondary N) is 1. The van der Waals surface area contributed by atoms with Gasteiger partial charge in [0.1, 0.15) is 5.60 Å². The molecule has 0 aromatic rings. The smallest absolute Gasteiger partial charge is 0.408 e. The van der Waals surface area contributed by atoms with Crippen LogP contribution in [0.1, 0.15) is 78.6 Å². The molecule has 0 radical (unpaired) electrons. The Morgan fingerprint density at radius 1 is 1.05 bits per heavy atom. The van der Waals surface area contributed by atoms with Crippen LogP contribution in [0.2, 0.25) is 0 Å². The molecule has 22 heavy (non-hydrogen) atoms. The summed E-state index contributed by atoms with van der Waals surface area (Å²) in [6, 6.07) is 0. The number of amides is 1. The number of carbonyl (C=O) groups excluding carboxylic acids is 1. The molecule has 0 heterocycles. The molecule has 2 aliphatic carbocycles. The van der Waals surface area contributed by atoms with Gasteiger partial charge in [0.25, 0.3) is 0 Å². The molecule has 0 aromatic carbocycles.